The van der Waals surface area contributed by atoms with Gasteiger partial charge in [-0.15, -0.1) is 0 Å². The van der Waals surface area contributed by atoms with Crippen LogP contribution >= 0.6 is 0 Å². The standard InChI is InChI=1S/C8H18N2O/c1-7-5-10(3-4-11)6-8(2)9-7/h7-9,11H,3-6H2,1-2H3/t7-,8-/m0/s1. The normalized spacial score (nSPS) is 34.1. The van der Waals surface area contributed by atoms with Gasteiger partial charge in [-0.2, -0.15) is 0 Å². The Morgan fingerprint density at radius 3 is 2.36 bits per heavy atom. The highest BCUT2D eigenvalue weighted by molar-refractivity contribution is 4.80. The molecule has 0 amide bonds. The van der Waals surface area contributed by atoms with E-state index >= 15 is 0 Å². The van der Waals surface area contributed by atoms with E-state index in [2.05, 4.69) is 24.1 Å². The van der Waals surface area contributed by atoms with E-state index in [0.29, 0.717) is 12.1 Å². The molecule has 1 rings (SSSR count). The molecule has 0 radical (unpaired) electrons. The summed E-state index contributed by atoms with van der Waals surface area (Å²) in [5.74, 6) is 0. The summed E-state index contributed by atoms with van der Waals surface area (Å²) in [5.41, 5.74) is 0. The number of β-amino-alcohol motifs (C(OH)–C–C–N with tert-alkyl or cyclic N) is 1. The van der Waals surface area contributed by atoms with Crippen LogP contribution in [-0.2, 0) is 0 Å². The van der Waals surface area contributed by atoms with Gasteiger partial charge in [0, 0.05) is 31.7 Å². The molecule has 1 heterocycles. The molecule has 0 aromatic rings. The molecule has 0 aliphatic carbocycles. The molecule has 1 aliphatic rings. The van der Waals surface area contributed by atoms with Crippen molar-refractivity contribution in [2.24, 2.45) is 0 Å². The van der Waals surface area contributed by atoms with Crippen molar-refractivity contribution in [3.8, 4) is 0 Å². The highest BCUT2D eigenvalue weighted by Crippen LogP contribution is 2.02. The highest BCUT2D eigenvalue weighted by atomic mass is 16.3. The molecule has 1 aliphatic heterocycles. The number of aliphatic hydroxyl groups excluding tert-OH is 1. The zero-order valence-electron chi connectivity index (χ0n) is 7.38. The summed E-state index contributed by atoms with van der Waals surface area (Å²) >= 11 is 0. The second-order valence-electron chi connectivity index (χ2n) is 3.45. The summed E-state index contributed by atoms with van der Waals surface area (Å²) in [6, 6.07) is 1.12. The summed E-state index contributed by atoms with van der Waals surface area (Å²) in [7, 11) is 0. The van der Waals surface area contributed by atoms with E-state index in [1.54, 1.807) is 0 Å². The van der Waals surface area contributed by atoms with Crippen LogP contribution in [0.15, 0.2) is 0 Å². The van der Waals surface area contributed by atoms with E-state index in [-0.39, 0.29) is 6.61 Å². The monoisotopic (exact) mass is 158 g/mol. The summed E-state index contributed by atoms with van der Waals surface area (Å²) in [4.78, 5) is 2.30. The Balaban J connectivity index is 2.30. The Kier molecular flexibility index (Phi) is 3.30. The molecule has 2 N–H and O–H groups in total. The van der Waals surface area contributed by atoms with Crippen LogP contribution in [0.5, 0.6) is 0 Å². The smallest absolute Gasteiger partial charge is 0.0558 e. The first-order valence-electron chi connectivity index (χ1n) is 4.31. The van der Waals surface area contributed by atoms with Crippen molar-refractivity contribution >= 4 is 0 Å². The number of piperazine rings is 1. The zero-order chi connectivity index (χ0) is 8.27. The van der Waals surface area contributed by atoms with E-state index in [1.807, 2.05) is 0 Å². The molecule has 1 fully saturated rings. The van der Waals surface area contributed by atoms with Crippen LogP contribution < -0.4 is 5.32 Å². The Labute approximate surface area is 68.4 Å². The number of aliphatic hydroxyl groups is 1. The summed E-state index contributed by atoms with van der Waals surface area (Å²) in [5, 5.41) is 12.2. The second kappa shape index (κ2) is 4.04. The van der Waals surface area contributed by atoms with Gasteiger partial charge in [0.15, 0.2) is 0 Å². The van der Waals surface area contributed by atoms with E-state index < -0.39 is 0 Å². The first kappa shape index (κ1) is 8.97. The highest BCUT2D eigenvalue weighted by Gasteiger charge is 2.19. The van der Waals surface area contributed by atoms with Crippen LogP contribution in [0.2, 0.25) is 0 Å². The molecule has 66 valence electrons. The Morgan fingerprint density at radius 2 is 1.91 bits per heavy atom. The molecule has 2 atom stereocenters. The maximum Gasteiger partial charge on any atom is 0.0558 e. The maximum absolute atomic E-state index is 8.73. The number of nitrogens with one attached hydrogen (secondary N) is 1. The number of hydrogen-bond acceptors (Lipinski definition) is 3. The lowest BCUT2D eigenvalue weighted by molar-refractivity contribution is 0.140. The Morgan fingerprint density at radius 1 is 1.36 bits per heavy atom. The van der Waals surface area contributed by atoms with Crippen molar-refractivity contribution in [2.75, 3.05) is 26.2 Å². The maximum atomic E-state index is 8.73. The molecule has 0 aromatic carbocycles. The molecule has 0 bridgehead atoms. The summed E-state index contributed by atoms with van der Waals surface area (Å²) in [6.45, 7) is 7.58. The first-order valence-corrected chi connectivity index (χ1v) is 4.31. The number of nitrogens with zero attached hydrogens (tertiary/aromatic N) is 1. The molecule has 0 aromatic heterocycles. The SMILES string of the molecule is C[C@H]1CN(CCO)C[C@H](C)N1. The molecule has 0 spiro atoms. The minimum Gasteiger partial charge on any atom is -0.395 e. The van der Waals surface area contributed by atoms with Crippen LogP contribution in [0.25, 0.3) is 0 Å². The van der Waals surface area contributed by atoms with Crippen molar-refractivity contribution in [1.29, 1.82) is 0 Å². The molecule has 0 saturated carbocycles. The van der Waals surface area contributed by atoms with Gasteiger partial charge in [-0.3, -0.25) is 4.90 Å². The Bertz CT molecular complexity index is 109. The number of rotatable bonds is 2. The molecule has 11 heavy (non-hydrogen) atoms. The molecular weight excluding hydrogens is 140 g/mol. The second-order valence-corrected chi connectivity index (χ2v) is 3.45. The Hall–Kier alpha value is -0.120. The van der Waals surface area contributed by atoms with Crippen molar-refractivity contribution in [3.05, 3.63) is 0 Å². The zero-order valence-corrected chi connectivity index (χ0v) is 7.38. The predicted molar refractivity (Wildman–Crippen MR) is 45.6 cm³/mol. The van der Waals surface area contributed by atoms with E-state index in [9.17, 15) is 0 Å². The molecular formula is C8H18N2O. The van der Waals surface area contributed by atoms with E-state index in [4.69, 9.17) is 5.11 Å². The lowest BCUT2D eigenvalue weighted by Crippen LogP contribution is -2.54. The van der Waals surface area contributed by atoms with Crippen LogP contribution in [0.4, 0.5) is 0 Å². The first-order chi connectivity index (χ1) is 5.22. The van der Waals surface area contributed by atoms with Crippen molar-refractivity contribution < 1.29 is 5.11 Å². The van der Waals surface area contributed by atoms with Crippen molar-refractivity contribution in [1.82, 2.24) is 10.2 Å². The number of hydrogen-bond donors (Lipinski definition) is 2. The lowest BCUT2D eigenvalue weighted by atomic mass is 10.1. The fourth-order valence-corrected chi connectivity index (χ4v) is 1.76. The van der Waals surface area contributed by atoms with Gasteiger partial charge in [0.2, 0.25) is 0 Å². The quantitative estimate of drug-likeness (QED) is 0.577. The van der Waals surface area contributed by atoms with E-state index in [0.717, 1.165) is 19.6 Å². The lowest BCUT2D eigenvalue weighted by Gasteiger charge is -2.35. The van der Waals surface area contributed by atoms with Crippen LogP contribution in [0.1, 0.15) is 13.8 Å². The van der Waals surface area contributed by atoms with Crippen molar-refractivity contribution in [3.63, 3.8) is 0 Å². The van der Waals surface area contributed by atoms with Crippen LogP contribution in [0.3, 0.4) is 0 Å². The minimum atomic E-state index is 0.277. The average Bonchev–Trinajstić information content (AvgIpc) is 1.85. The van der Waals surface area contributed by atoms with Crippen molar-refractivity contribution in [2.45, 2.75) is 25.9 Å². The largest absolute Gasteiger partial charge is 0.395 e. The van der Waals surface area contributed by atoms with E-state index in [1.165, 1.54) is 0 Å². The minimum absolute atomic E-state index is 0.277. The van der Waals surface area contributed by atoms with Crippen LogP contribution in [-0.4, -0.2) is 48.3 Å². The van der Waals surface area contributed by atoms with Gasteiger partial charge >= 0.3 is 0 Å². The van der Waals surface area contributed by atoms with Gasteiger partial charge in [0.1, 0.15) is 0 Å². The van der Waals surface area contributed by atoms with Gasteiger partial charge < -0.3 is 10.4 Å². The van der Waals surface area contributed by atoms with Gasteiger partial charge in [0.25, 0.3) is 0 Å². The molecule has 3 nitrogen and oxygen atoms in total. The third kappa shape index (κ3) is 2.77. The topological polar surface area (TPSA) is 35.5 Å². The van der Waals surface area contributed by atoms with Gasteiger partial charge in [0.05, 0.1) is 6.61 Å². The molecule has 0 unspecified atom stereocenters. The van der Waals surface area contributed by atoms with Gasteiger partial charge in [-0.1, -0.05) is 0 Å². The third-order valence-corrected chi connectivity index (χ3v) is 2.05. The van der Waals surface area contributed by atoms with Crippen LogP contribution in [0, 0.1) is 0 Å². The van der Waals surface area contributed by atoms with Gasteiger partial charge in [-0.25, -0.2) is 0 Å². The average molecular weight is 158 g/mol. The molecule has 1 saturated heterocycles. The van der Waals surface area contributed by atoms with Gasteiger partial charge in [-0.05, 0) is 13.8 Å². The fraction of sp³-hybridized carbons (Fsp3) is 1.00. The summed E-state index contributed by atoms with van der Waals surface area (Å²) < 4.78 is 0. The third-order valence-electron chi connectivity index (χ3n) is 2.05. The predicted octanol–water partition coefficient (Wildman–Crippen LogP) is -0.339. The summed E-state index contributed by atoms with van der Waals surface area (Å²) in [6.07, 6.45) is 0. The molecule has 3 heteroatoms. The fourth-order valence-electron chi connectivity index (χ4n) is 1.76.